The highest BCUT2D eigenvalue weighted by Gasteiger charge is 2.21. The molecule has 2 aromatic rings. The Morgan fingerprint density at radius 3 is 2.88 bits per heavy atom. The molecule has 2 aromatic carbocycles. The lowest BCUT2D eigenvalue weighted by molar-refractivity contribution is -0.120. The molecular formula is C18H17Br2N3O2. The number of aliphatic imine (C=N–C) groups is 1. The molecule has 0 spiro atoms. The number of rotatable bonds is 3. The first-order chi connectivity index (χ1) is 12.0. The van der Waals surface area contributed by atoms with Crippen LogP contribution in [-0.2, 0) is 4.79 Å². The van der Waals surface area contributed by atoms with E-state index in [2.05, 4.69) is 36.9 Å². The summed E-state index contributed by atoms with van der Waals surface area (Å²) in [6.07, 6.45) is 1.76. The van der Waals surface area contributed by atoms with Crippen LogP contribution in [0.5, 0.6) is 5.75 Å². The first-order valence-corrected chi connectivity index (χ1v) is 9.32. The number of nitrogens with zero attached hydrogens (tertiary/aromatic N) is 2. The van der Waals surface area contributed by atoms with Gasteiger partial charge in [-0.05, 0) is 58.7 Å². The number of nitrogen functional groups attached to an aromatic ring is 1. The summed E-state index contributed by atoms with van der Waals surface area (Å²) in [6, 6.07) is 9.29. The molecule has 0 atom stereocenters. The van der Waals surface area contributed by atoms with Gasteiger partial charge in [-0.25, -0.2) is 0 Å². The minimum Gasteiger partial charge on any atom is -0.482 e. The zero-order valence-electron chi connectivity index (χ0n) is 13.6. The molecule has 0 aromatic heterocycles. The summed E-state index contributed by atoms with van der Waals surface area (Å²) in [4.78, 5) is 18.8. The van der Waals surface area contributed by atoms with E-state index >= 15 is 0 Å². The predicted molar refractivity (Wildman–Crippen MR) is 108 cm³/mol. The van der Waals surface area contributed by atoms with Gasteiger partial charge in [0.2, 0.25) is 0 Å². The first-order valence-electron chi connectivity index (χ1n) is 7.74. The Balaban J connectivity index is 1.79. The highest BCUT2D eigenvalue weighted by molar-refractivity contribution is 9.11. The van der Waals surface area contributed by atoms with E-state index in [0.29, 0.717) is 24.5 Å². The van der Waals surface area contributed by atoms with Crippen molar-refractivity contribution in [3.63, 3.8) is 0 Å². The third-order valence-corrected chi connectivity index (χ3v) is 4.91. The van der Waals surface area contributed by atoms with Gasteiger partial charge in [-0.15, -0.1) is 0 Å². The zero-order chi connectivity index (χ0) is 18.0. The van der Waals surface area contributed by atoms with Crippen molar-refractivity contribution in [1.82, 2.24) is 0 Å². The fraction of sp³-hybridized carbons (Fsp3) is 0.222. The number of hydrogen-bond acceptors (Lipinski definition) is 4. The molecule has 0 saturated carbocycles. The van der Waals surface area contributed by atoms with Gasteiger partial charge in [0.05, 0.1) is 16.7 Å². The lowest BCUT2D eigenvalue weighted by Crippen LogP contribution is -2.37. The highest BCUT2D eigenvalue weighted by atomic mass is 79.9. The van der Waals surface area contributed by atoms with E-state index in [-0.39, 0.29) is 12.5 Å². The molecule has 1 aliphatic rings. The van der Waals surface area contributed by atoms with E-state index in [9.17, 15) is 4.79 Å². The molecule has 0 bridgehead atoms. The van der Waals surface area contributed by atoms with Crippen molar-refractivity contribution in [3.8, 4) is 5.75 Å². The van der Waals surface area contributed by atoms with Gasteiger partial charge >= 0.3 is 0 Å². The zero-order valence-corrected chi connectivity index (χ0v) is 16.8. The number of ether oxygens (including phenoxy) is 1. The SMILES string of the molecule is Cc1cc(Br)cc(Br)c1OCC(=O)N1CCN=Cc2cc(N)ccc21. The monoisotopic (exact) mass is 465 g/mol. The molecule has 0 fully saturated rings. The molecular weight excluding hydrogens is 450 g/mol. The summed E-state index contributed by atoms with van der Waals surface area (Å²) in [5.74, 6) is 0.547. The Labute approximate surface area is 163 Å². The van der Waals surface area contributed by atoms with Crippen molar-refractivity contribution in [3.05, 3.63) is 50.4 Å². The molecule has 1 heterocycles. The Kier molecular flexibility index (Phi) is 5.44. The van der Waals surface area contributed by atoms with Crippen LogP contribution in [0.25, 0.3) is 0 Å². The van der Waals surface area contributed by atoms with Gasteiger partial charge in [0.25, 0.3) is 5.91 Å². The van der Waals surface area contributed by atoms with Crippen LogP contribution in [0, 0.1) is 6.92 Å². The number of carbonyl (C=O) groups is 1. The highest BCUT2D eigenvalue weighted by Crippen LogP contribution is 2.32. The third-order valence-electron chi connectivity index (χ3n) is 3.86. The van der Waals surface area contributed by atoms with Crippen LogP contribution < -0.4 is 15.4 Å². The maximum absolute atomic E-state index is 12.8. The number of fused-ring (bicyclic) bond motifs is 1. The summed E-state index contributed by atoms with van der Waals surface area (Å²) in [7, 11) is 0. The van der Waals surface area contributed by atoms with Crippen LogP contribution in [0.4, 0.5) is 11.4 Å². The molecule has 3 rings (SSSR count). The second-order valence-electron chi connectivity index (χ2n) is 5.72. The normalized spacial score (nSPS) is 13.3. The number of benzene rings is 2. The van der Waals surface area contributed by atoms with Crippen molar-refractivity contribution < 1.29 is 9.53 Å². The molecule has 1 amide bonds. The first kappa shape index (κ1) is 17.9. The van der Waals surface area contributed by atoms with E-state index in [0.717, 1.165) is 25.8 Å². The van der Waals surface area contributed by atoms with E-state index in [1.165, 1.54) is 0 Å². The van der Waals surface area contributed by atoms with Gasteiger partial charge < -0.3 is 15.4 Å². The standard InChI is InChI=1S/C18H17Br2N3O2/c1-11-6-13(19)8-15(20)18(11)25-10-17(24)23-5-4-22-9-12-7-14(21)2-3-16(12)23/h2-3,6-9H,4-5,10,21H2,1H3. The van der Waals surface area contributed by atoms with Gasteiger partial charge in [-0.2, -0.15) is 0 Å². The summed E-state index contributed by atoms with van der Waals surface area (Å²) in [5.41, 5.74) is 9.07. The molecule has 0 aliphatic carbocycles. The Morgan fingerprint density at radius 2 is 2.12 bits per heavy atom. The number of benzodiazepines with no additional fused rings is 1. The summed E-state index contributed by atoms with van der Waals surface area (Å²) in [6.45, 7) is 2.94. The summed E-state index contributed by atoms with van der Waals surface area (Å²) < 4.78 is 7.55. The topological polar surface area (TPSA) is 67.9 Å². The smallest absolute Gasteiger partial charge is 0.264 e. The minimum atomic E-state index is -0.120. The van der Waals surface area contributed by atoms with Crippen molar-refractivity contribution in [1.29, 1.82) is 0 Å². The number of amides is 1. The van der Waals surface area contributed by atoms with Crippen molar-refractivity contribution in [2.75, 3.05) is 30.3 Å². The second-order valence-corrected chi connectivity index (χ2v) is 7.49. The molecule has 25 heavy (non-hydrogen) atoms. The van der Waals surface area contributed by atoms with Crippen molar-refractivity contribution >= 4 is 55.4 Å². The lowest BCUT2D eigenvalue weighted by Gasteiger charge is -2.23. The number of carbonyl (C=O) groups excluding carboxylic acids is 1. The predicted octanol–water partition coefficient (Wildman–Crippen LogP) is 3.95. The molecule has 0 saturated heterocycles. The molecule has 5 nitrogen and oxygen atoms in total. The average Bonchev–Trinajstić information content (AvgIpc) is 2.75. The number of hydrogen-bond donors (Lipinski definition) is 1. The molecule has 7 heteroatoms. The molecule has 1 aliphatic heterocycles. The number of anilines is 2. The van der Waals surface area contributed by atoms with Gasteiger partial charge in [0.1, 0.15) is 5.75 Å². The molecule has 2 N–H and O–H groups in total. The Hall–Kier alpha value is -1.86. The third kappa shape index (κ3) is 4.04. The van der Waals surface area contributed by atoms with E-state index < -0.39 is 0 Å². The van der Waals surface area contributed by atoms with Crippen LogP contribution >= 0.6 is 31.9 Å². The van der Waals surface area contributed by atoms with Gasteiger partial charge in [0, 0.05) is 28.5 Å². The maximum Gasteiger partial charge on any atom is 0.264 e. The largest absolute Gasteiger partial charge is 0.482 e. The summed E-state index contributed by atoms with van der Waals surface area (Å²) in [5, 5.41) is 0. The molecule has 0 radical (unpaired) electrons. The van der Waals surface area contributed by atoms with E-state index in [1.807, 2.05) is 31.2 Å². The number of halogens is 2. The van der Waals surface area contributed by atoms with Gasteiger partial charge in [-0.3, -0.25) is 9.79 Å². The number of nitrogens with two attached hydrogens (primary N) is 1. The summed E-state index contributed by atoms with van der Waals surface area (Å²) >= 11 is 6.91. The molecule has 0 unspecified atom stereocenters. The van der Waals surface area contributed by atoms with E-state index in [4.69, 9.17) is 10.5 Å². The quantitative estimate of drug-likeness (QED) is 0.696. The van der Waals surface area contributed by atoms with Crippen LogP contribution in [0.15, 0.2) is 44.3 Å². The Morgan fingerprint density at radius 1 is 1.32 bits per heavy atom. The van der Waals surface area contributed by atoms with Crippen LogP contribution in [0.3, 0.4) is 0 Å². The average molecular weight is 467 g/mol. The number of aryl methyl sites for hydroxylation is 1. The van der Waals surface area contributed by atoms with Crippen molar-refractivity contribution in [2.24, 2.45) is 4.99 Å². The van der Waals surface area contributed by atoms with Crippen LogP contribution in [0.1, 0.15) is 11.1 Å². The molecule has 130 valence electrons. The Bertz CT molecular complexity index is 829. The fourth-order valence-corrected chi connectivity index (χ4v) is 4.26. The van der Waals surface area contributed by atoms with Crippen molar-refractivity contribution in [2.45, 2.75) is 6.92 Å². The lowest BCUT2D eigenvalue weighted by atomic mass is 10.1. The fourth-order valence-electron chi connectivity index (χ4n) is 2.71. The van der Waals surface area contributed by atoms with E-state index in [1.54, 1.807) is 17.2 Å². The van der Waals surface area contributed by atoms with Gasteiger partial charge in [0.15, 0.2) is 6.61 Å². The van der Waals surface area contributed by atoms with Crippen LogP contribution in [0.2, 0.25) is 0 Å². The van der Waals surface area contributed by atoms with Gasteiger partial charge in [-0.1, -0.05) is 15.9 Å². The second kappa shape index (κ2) is 7.58. The maximum atomic E-state index is 12.8. The van der Waals surface area contributed by atoms with Crippen LogP contribution in [-0.4, -0.2) is 31.8 Å². The minimum absolute atomic E-state index is 0.0507.